The molecule has 3 nitrogen and oxygen atoms in total. The van der Waals surface area contributed by atoms with E-state index >= 15 is 0 Å². The lowest BCUT2D eigenvalue weighted by molar-refractivity contribution is 1.54. The monoisotopic (exact) mass is 226 g/mol. The van der Waals surface area contributed by atoms with Gasteiger partial charge in [0.2, 0.25) is 0 Å². The third-order valence-electron chi connectivity index (χ3n) is 0.840. The van der Waals surface area contributed by atoms with Crippen molar-refractivity contribution in [3.63, 3.8) is 0 Å². The van der Waals surface area contributed by atoms with Gasteiger partial charge in [0.05, 0.1) is 7.21 Å². The Morgan fingerprint density at radius 1 is 1.08 bits per heavy atom. The van der Waals surface area contributed by atoms with Gasteiger partial charge in [-0.15, -0.1) is 0 Å². The third kappa shape index (κ3) is 7.22. The van der Waals surface area contributed by atoms with Crippen LogP contribution < -0.4 is 0 Å². The fraction of sp³-hybridized carbons (Fsp3) is 1.00. The van der Waals surface area contributed by atoms with E-state index in [4.69, 9.17) is 5.16 Å². The molecule has 6 heteroatoms. The van der Waals surface area contributed by atoms with Gasteiger partial charge >= 0.3 is 0 Å². The zero-order valence-corrected chi connectivity index (χ0v) is 11.4. The van der Waals surface area contributed by atoms with Crippen molar-refractivity contribution in [3.05, 3.63) is 0 Å². The molecule has 0 aliphatic heterocycles. The molecule has 12 heavy (non-hydrogen) atoms. The van der Waals surface area contributed by atoms with E-state index < -0.39 is 14.4 Å². The summed E-state index contributed by atoms with van der Waals surface area (Å²) >= 11 is 0. The highest BCUT2D eigenvalue weighted by molar-refractivity contribution is 7.76. The molecule has 0 atom stereocenters. The summed E-state index contributed by atoms with van der Waals surface area (Å²) in [4.78, 5) is 0. The first kappa shape index (κ1) is 12.6. The van der Waals surface area contributed by atoms with Crippen LogP contribution in [0.4, 0.5) is 0 Å². The molecule has 0 fully saturated rings. The first-order valence-electron chi connectivity index (χ1n) is 3.71. The van der Waals surface area contributed by atoms with Crippen LogP contribution in [0.5, 0.6) is 0 Å². The SMILES string of the molecule is C[P+](C)=NP(C)(C)=NP(C)(C)=N. The Morgan fingerprint density at radius 2 is 1.50 bits per heavy atom. The van der Waals surface area contributed by atoms with Gasteiger partial charge in [0.15, 0.2) is 7.71 Å². The summed E-state index contributed by atoms with van der Waals surface area (Å²) in [7, 11) is -3.46. The predicted molar refractivity (Wildman–Crippen MR) is 63.9 cm³/mol. The van der Waals surface area contributed by atoms with Crippen LogP contribution >= 0.6 is 22.1 Å². The summed E-state index contributed by atoms with van der Waals surface area (Å²) in [5.41, 5.74) is 0. The largest absolute Gasteiger partial charge is 0.297 e. The predicted octanol–water partition coefficient (Wildman–Crippen LogP) is 4.24. The molecule has 0 aliphatic carbocycles. The summed E-state index contributed by atoms with van der Waals surface area (Å²) in [6.45, 7) is 12.3. The second-order valence-corrected chi connectivity index (χ2v) is 12.3. The number of nitrogens with one attached hydrogen (secondary N) is 1. The minimum Gasteiger partial charge on any atom is -0.297 e. The van der Waals surface area contributed by atoms with Gasteiger partial charge in [-0.1, -0.05) is 4.52 Å². The molecule has 0 amide bonds. The molecule has 0 unspecified atom stereocenters. The maximum absolute atomic E-state index is 7.75. The van der Waals surface area contributed by atoms with E-state index in [1.54, 1.807) is 0 Å². The molecule has 0 saturated heterocycles. The Balaban J connectivity index is 4.99. The summed E-state index contributed by atoms with van der Waals surface area (Å²) in [6.07, 6.45) is 0. The van der Waals surface area contributed by atoms with Crippen molar-refractivity contribution in [3.8, 4) is 0 Å². The Morgan fingerprint density at radius 3 is 1.75 bits per heavy atom. The molecule has 0 aromatic heterocycles. The smallest absolute Gasteiger partial charge is 0.199 e. The standard InChI is InChI=1S/C6H19N3P3/c1-10(2)8-12(5,6)9-11(3,4)7/h7H,1-6H3/q+1. The van der Waals surface area contributed by atoms with E-state index in [1.165, 1.54) is 0 Å². The molecule has 1 N–H and O–H groups in total. The van der Waals surface area contributed by atoms with Gasteiger partial charge in [0, 0.05) is 0 Å². The molecule has 0 aliphatic rings. The van der Waals surface area contributed by atoms with E-state index in [9.17, 15) is 0 Å². The molecule has 0 bridgehead atoms. The molecule has 0 rings (SSSR count). The lowest BCUT2D eigenvalue weighted by Gasteiger charge is -2.09. The lowest BCUT2D eigenvalue weighted by atomic mass is 11.9. The van der Waals surface area contributed by atoms with Crippen LogP contribution in [0.15, 0.2) is 9.03 Å². The Hall–Kier alpha value is 0.560. The van der Waals surface area contributed by atoms with Crippen molar-refractivity contribution in [2.45, 2.75) is 0 Å². The van der Waals surface area contributed by atoms with E-state index in [-0.39, 0.29) is 7.71 Å². The normalized spacial score (nSPS) is 12.5. The first-order valence-corrected chi connectivity index (χ1v) is 11.1. The average molecular weight is 226 g/mol. The molecule has 0 spiro atoms. The lowest BCUT2D eigenvalue weighted by Crippen LogP contribution is -1.71. The number of hydrogen-bond donors (Lipinski definition) is 1. The number of hydrogen-bond acceptors (Lipinski definition) is 1. The topological polar surface area (TPSA) is 48.6 Å². The van der Waals surface area contributed by atoms with Crippen LogP contribution in [-0.2, 0) is 0 Å². The van der Waals surface area contributed by atoms with Crippen LogP contribution in [-0.4, -0.2) is 40.0 Å². The van der Waals surface area contributed by atoms with Crippen molar-refractivity contribution in [2.75, 3.05) is 40.0 Å². The van der Waals surface area contributed by atoms with E-state index in [0.29, 0.717) is 0 Å². The van der Waals surface area contributed by atoms with Crippen molar-refractivity contribution < 1.29 is 0 Å². The molecule has 0 aromatic carbocycles. The fourth-order valence-electron chi connectivity index (χ4n) is 1.00. The highest BCUT2D eigenvalue weighted by Gasteiger charge is 2.11. The summed E-state index contributed by atoms with van der Waals surface area (Å²) in [5.74, 6) is 0. The van der Waals surface area contributed by atoms with Gasteiger partial charge in [-0.3, -0.25) is 5.16 Å². The minimum atomic E-state index is -1.75. The third-order valence-corrected chi connectivity index (χ3v) is 7.56. The van der Waals surface area contributed by atoms with Crippen molar-refractivity contribution in [1.29, 1.82) is 5.16 Å². The van der Waals surface area contributed by atoms with Gasteiger partial charge < -0.3 is 0 Å². The van der Waals surface area contributed by atoms with Gasteiger partial charge in [-0.25, -0.2) is 4.52 Å². The Kier molecular flexibility index (Phi) is 4.38. The van der Waals surface area contributed by atoms with Crippen LogP contribution in [0.3, 0.4) is 0 Å². The summed E-state index contributed by atoms with van der Waals surface area (Å²) in [5, 5.41) is 7.75. The average Bonchev–Trinajstić information content (AvgIpc) is 1.48. The van der Waals surface area contributed by atoms with E-state index in [1.807, 2.05) is 13.3 Å². The zero-order chi connectivity index (χ0) is 9.99. The fourth-order valence-corrected chi connectivity index (χ4v) is 9.35. The van der Waals surface area contributed by atoms with Crippen LogP contribution in [0.1, 0.15) is 0 Å². The highest BCUT2D eigenvalue weighted by Crippen LogP contribution is 2.57. The first-order chi connectivity index (χ1) is 5.12. The minimum absolute atomic E-state index is 0.226. The number of rotatable bonds is 2. The Labute approximate surface area is 76.9 Å². The zero-order valence-electron chi connectivity index (χ0n) is 8.74. The van der Waals surface area contributed by atoms with Gasteiger partial charge in [0.1, 0.15) is 20.5 Å². The molecular weight excluding hydrogens is 207 g/mol. The van der Waals surface area contributed by atoms with Crippen LogP contribution in [0.2, 0.25) is 0 Å². The van der Waals surface area contributed by atoms with Gasteiger partial charge in [-0.05, 0) is 26.7 Å². The maximum atomic E-state index is 7.75. The summed E-state index contributed by atoms with van der Waals surface area (Å²) < 4.78 is 9.13. The van der Waals surface area contributed by atoms with E-state index in [2.05, 4.69) is 35.7 Å². The molecule has 0 saturated carbocycles. The quantitative estimate of drug-likeness (QED) is 0.684. The van der Waals surface area contributed by atoms with Crippen LogP contribution in [0, 0.1) is 5.16 Å². The van der Waals surface area contributed by atoms with Gasteiger partial charge in [0.25, 0.3) is 0 Å². The van der Waals surface area contributed by atoms with Crippen molar-refractivity contribution in [2.24, 2.45) is 9.03 Å². The van der Waals surface area contributed by atoms with Gasteiger partial charge in [-0.2, -0.15) is 0 Å². The Bertz CT molecular complexity index is 276. The maximum Gasteiger partial charge on any atom is 0.199 e. The van der Waals surface area contributed by atoms with E-state index in [0.717, 1.165) is 0 Å². The van der Waals surface area contributed by atoms with Crippen LogP contribution in [0.25, 0.3) is 0 Å². The molecular formula is C6H19N3P3+. The van der Waals surface area contributed by atoms with Crippen molar-refractivity contribution in [1.82, 2.24) is 0 Å². The second-order valence-electron chi connectivity index (χ2n) is 3.76. The highest BCUT2D eigenvalue weighted by atomic mass is 31.2. The molecule has 0 aromatic rings. The second kappa shape index (κ2) is 4.18. The molecule has 0 radical (unpaired) electrons. The number of nitrogens with zero attached hydrogens (tertiary/aromatic N) is 2. The molecule has 72 valence electrons. The summed E-state index contributed by atoms with van der Waals surface area (Å²) in [6, 6.07) is 0. The van der Waals surface area contributed by atoms with Crippen molar-refractivity contribution >= 4 is 22.1 Å². The molecule has 0 heterocycles.